The molecule has 0 amide bonds. The van der Waals surface area contributed by atoms with E-state index in [0.29, 0.717) is 11.8 Å². The monoisotopic (exact) mass is 161 g/mol. The van der Waals surface area contributed by atoms with Crippen molar-refractivity contribution in [3.63, 3.8) is 0 Å². The normalized spacial score (nSPS) is 8.92. The van der Waals surface area contributed by atoms with Gasteiger partial charge in [-0.3, -0.25) is 9.59 Å². The molecular formula is C9H7NO2. The minimum Gasteiger partial charge on any atom is -0.303 e. The minimum atomic E-state index is -0.196. The predicted molar refractivity (Wildman–Crippen MR) is 44.9 cm³/mol. The summed E-state index contributed by atoms with van der Waals surface area (Å²) < 4.78 is 1.31. The zero-order valence-electron chi connectivity index (χ0n) is 6.36. The second-order valence-electron chi connectivity index (χ2n) is 2.25. The van der Waals surface area contributed by atoms with E-state index in [1.165, 1.54) is 22.9 Å². The number of carbonyl (C=O) groups excluding carboxylic acids is 1. The maximum atomic E-state index is 11.0. The van der Waals surface area contributed by atoms with Gasteiger partial charge in [-0.25, -0.2) is 0 Å². The quantitative estimate of drug-likeness (QED) is 0.462. The predicted octanol–water partition coefficient (Wildman–Crippen LogP) is 0.294. The SMILES string of the molecule is C#CCn1cc(C=O)ccc1=O. The molecule has 0 saturated heterocycles. The summed E-state index contributed by atoms with van der Waals surface area (Å²) in [4.78, 5) is 21.3. The van der Waals surface area contributed by atoms with E-state index in [1.54, 1.807) is 0 Å². The van der Waals surface area contributed by atoms with Gasteiger partial charge in [0.1, 0.15) is 0 Å². The van der Waals surface area contributed by atoms with Crippen molar-refractivity contribution in [3.8, 4) is 12.3 Å². The molecule has 1 rings (SSSR count). The molecule has 0 unspecified atom stereocenters. The zero-order valence-corrected chi connectivity index (χ0v) is 6.36. The molecule has 0 aliphatic heterocycles. The Bertz CT molecular complexity index is 384. The van der Waals surface area contributed by atoms with Gasteiger partial charge in [0.2, 0.25) is 0 Å². The summed E-state index contributed by atoms with van der Waals surface area (Å²) in [6.45, 7) is 0.195. The molecule has 0 aromatic carbocycles. The summed E-state index contributed by atoms with van der Waals surface area (Å²) in [6.07, 6.45) is 7.14. The zero-order chi connectivity index (χ0) is 8.97. The Balaban J connectivity index is 3.18. The first kappa shape index (κ1) is 8.28. The van der Waals surface area contributed by atoms with E-state index in [9.17, 15) is 9.59 Å². The molecule has 1 heterocycles. The summed E-state index contributed by atoms with van der Waals surface area (Å²) in [5.74, 6) is 2.32. The molecular weight excluding hydrogens is 154 g/mol. The Kier molecular flexibility index (Phi) is 2.44. The van der Waals surface area contributed by atoms with Crippen LogP contribution in [-0.4, -0.2) is 10.9 Å². The van der Waals surface area contributed by atoms with E-state index < -0.39 is 0 Å². The number of hydrogen-bond donors (Lipinski definition) is 0. The summed E-state index contributed by atoms with van der Waals surface area (Å²) >= 11 is 0. The van der Waals surface area contributed by atoms with Gasteiger partial charge in [-0.05, 0) is 6.07 Å². The van der Waals surface area contributed by atoms with Gasteiger partial charge in [-0.15, -0.1) is 6.42 Å². The van der Waals surface area contributed by atoms with Crippen LogP contribution in [0, 0.1) is 12.3 Å². The molecule has 0 atom stereocenters. The number of pyridine rings is 1. The van der Waals surface area contributed by atoms with Crippen LogP contribution < -0.4 is 5.56 Å². The van der Waals surface area contributed by atoms with Crippen molar-refractivity contribution < 1.29 is 4.79 Å². The molecule has 0 fully saturated rings. The van der Waals surface area contributed by atoms with Gasteiger partial charge in [0, 0.05) is 17.8 Å². The topological polar surface area (TPSA) is 39.1 Å². The highest BCUT2D eigenvalue weighted by molar-refractivity contribution is 5.73. The summed E-state index contributed by atoms with van der Waals surface area (Å²) in [5.41, 5.74) is 0.253. The standard InChI is InChI=1S/C9H7NO2/c1-2-5-10-6-8(7-11)3-4-9(10)12/h1,3-4,6-7H,5H2. The van der Waals surface area contributed by atoms with Crippen LogP contribution in [0.25, 0.3) is 0 Å². The minimum absolute atomic E-state index is 0.195. The van der Waals surface area contributed by atoms with Crippen LogP contribution >= 0.6 is 0 Å². The molecule has 0 aliphatic rings. The molecule has 60 valence electrons. The maximum Gasteiger partial charge on any atom is 0.251 e. The van der Waals surface area contributed by atoms with Crippen LogP contribution in [0.2, 0.25) is 0 Å². The van der Waals surface area contributed by atoms with Crippen molar-refractivity contribution in [1.82, 2.24) is 4.57 Å². The smallest absolute Gasteiger partial charge is 0.251 e. The third-order valence-electron chi connectivity index (χ3n) is 1.40. The van der Waals surface area contributed by atoms with Crippen molar-refractivity contribution in [1.29, 1.82) is 0 Å². The van der Waals surface area contributed by atoms with Gasteiger partial charge in [0.05, 0.1) is 6.54 Å². The fourth-order valence-electron chi connectivity index (χ4n) is 0.841. The van der Waals surface area contributed by atoms with Crippen molar-refractivity contribution in [2.24, 2.45) is 0 Å². The lowest BCUT2D eigenvalue weighted by Gasteiger charge is -1.99. The van der Waals surface area contributed by atoms with Crippen LogP contribution in [-0.2, 0) is 6.54 Å². The molecule has 0 N–H and O–H groups in total. The highest BCUT2D eigenvalue weighted by atomic mass is 16.1. The van der Waals surface area contributed by atoms with Gasteiger partial charge in [-0.1, -0.05) is 5.92 Å². The van der Waals surface area contributed by atoms with Gasteiger partial charge >= 0.3 is 0 Å². The van der Waals surface area contributed by atoms with E-state index in [2.05, 4.69) is 5.92 Å². The van der Waals surface area contributed by atoms with E-state index in [-0.39, 0.29) is 12.1 Å². The third-order valence-corrected chi connectivity index (χ3v) is 1.40. The highest BCUT2D eigenvalue weighted by Crippen LogP contribution is 1.90. The Morgan fingerprint density at radius 1 is 1.58 bits per heavy atom. The number of hydrogen-bond acceptors (Lipinski definition) is 2. The molecule has 1 aromatic rings. The van der Waals surface area contributed by atoms with E-state index >= 15 is 0 Å². The Morgan fingerprint density at radius 2 is 2.33 bits per heavy atom. The second kappa shape index (κ2) is 3.54. The fourth-order valence-corrected chi connectivity index (χ4v) is 0.841. The molecule has 1 aromatic heterocycles. The third kappa shape index (κ3) is 1.61. The Hall–Kier alpha value is -1.82. The van der Waals surface area contributed by atoms with E-state index in [0.717, 1.165) is 0 Å². The average Bonchev–Trinajstić information content (AvgIpc) is 2.09. The van der Waals surface area contributed by atoms with Crippen LogP contribution in [0.4, 0.5) is 0 Å². The number of aromatic nitrogens is 1. The lowest BCUT2D eigenvalue weighted by molar-refractivity contribution is 0.112. The first-order chi connectivity index (χ1) is 5.77. The van der Waals surface area contributed by atoms with Gasteiger partial charge < -0.3 is 4.57 Å². The molecule has 0 aliphatic carbocycles. The van der Waals surface area contributed by atoms with Crippen LogP contribution in [0.3, 0.4) is 0 Å². The second-order valence-corrected chi connectivity index (χ2v) is 2.25. The molecule has 0 saturated carbocycles. The first-order valence-corrected chi connectivity index (χ1v) is 3.37. The number of carbonyl (C=O) groups is 1. The lowest BCUT2D eigenvalue weighted by Crippen LogP contribution is -2.18. The van der Waals surface area contributed by atoms with Crippen molar-refractivity contribution >= 4 is 6.29 Å². The molecule has 0 spiro atoms. The van der Waals surface area contributed by atoms with Gasteiger partial charge in [0.25, 0.3) is 5.56 Å². The van der Waals surface area contributed by atoms with Gasteiger partial charge in [0.15, 0.2) is 6.29 Å². The Labute approximate surface area is 69.6 Å². The van der Waals surface area contributed by atoms with E-state index in [4.69, 9.17) is 6.42 Å². The molecule has 3 heteroatoms. The van der Waals surface area contributed by atoms with Crippen LogP contribution in [0.1, 0.15) is 10.4 Å². The number of aldehydes is 1. The molecule has 12 heavy (non-hydrogen) atoms. The number of terminal acetylenes is 1. The maximum absolute atomic E-state index is 11.0. The van der Waals surface area contributed by atoms with Gasteiger partial charge in [-0.2, -0.15) is 0 Å². The molecule has 0 radical (unpaired) electrons. The summed E-state index contributed by atoms with van der Waals surface area (Å²) in [6, 6.07) is 2.78. The summed E-state index contributed by atoms with van der Waals surface area (Å²) in [7, 11) is 0. The lowest BCUT2D eigenvalue weighted by atomic mass is 10.3. The highest BCUT2D eigenvalue weighted by Gasteiger charge is 1.94. The van der Waals surface area contributed by atoms with E-state index in [1.807, 2.05) is 0 Å². The molecule has 0 bridgehead atoms. The van der Waals surface area contributed by atoms with Crippen LogP contribution in [0.15, 0.2) is 23.1 Å². The fraction of sp³-hybridized carbons (Fsp3) is 0.111. The average molecular weight is 161 g/mol. The van der Waals surface area contributed by atoms with Crippen LogP contribution in [0.5, 0.6) is 0 Å². The van der Waals surface area contributed by atoms with Crippen molar-refractivity contribution in [2.45, 2.75) is 6.54 Å². The van der Waals surface area contributed by atoms with Crippen molar-refractivity contribution in [3.05, 3.63) is 34.2 Å². The number of nitrogens with zero attached hydrogens (tertiary/aromatic N) is 1. The first-order valence-electron chi connectivity index (χ1n) is 3.37. The van der Waals surface area contributed by atoms with Crippen molar-refractivity contribution in [2.75, 3.05) is 0 Å². The number of rotatable bonds is 2. The molecule has 3 nitrogen and oxygen atoms in total. The largest absolute Gasteiger partial charge is 0.303 e. The summed E-state index contributed by atoms with van der Waals surface area (Å²) in [5, 5.41) is 0. The Morgan fingerprint density at radius 3 is 2.92 bits per heavy atom.